The molecule has 0 saturated carbocycles. The lowest BCUT2D eigenvalue weighted by molar-refractivity contribution is -0.139. The van der Waals surface area contributed by atoms with Crippen LogP contribution >= 0.6 is 0 Å². The molecule has 12 nitrogen and oxygen atoms in total. The molecule has 0 aliphatic carbocycles. The van der Waals surface area contributed by atoms with Gasteiger partial charge in [0.2, 0.25) is 0 Å². The van der Waals surface area contributed by atoms with Crippen LogP contribution in [0.5, 0.6) is 0 Å². The van der Waals surface area contributed by atoms with Crippen molar-refractivity contribution in [2.75, 3.05) is 10.6 Å². The fraction of sp³-hybridized carbons (Fsp3) is 0.242. The van der Waals surface area contributed by atoms with Crippen LogP contribution in [0.25, 0.3) is 0 Å². The van der Waals surface area contributed by atoms with Crippen LogP contribution in [0.15, 0.2) is 95.9 Å². The molecular formula is C33H36N6O6. The number of hydrogen-bond acceptors (Lipinski definition) is 7. The number of hydrogen-bond donors (Lipinski definition) is 5. The van der Waals surface area contributed by atoms with Crippen LogP contribution in [-0.4, -0.2) is 38.8 Å². The third kappa shape index (κ3) is 10.2. The van der Waals surface area contributed by atoms with Crippen molar-refractivity contribution in [1.29, 1.82) is 0 Å². The van der Waals surface area contributed by atoms with Gasteiger partial charge in [0.15, 0.2) is 0 Å². The van der Waals surface area contributed by atoms with E-state index in [0.29, 0.717) is 31.0 Å². The third-order valence-corrected chi connectivity index (χ3v) is 6.74. The van der Waals surface area contributed by atoms with Crippen molar-refractivity contribution in [2.24, 2.45) is 0 Å². The van der Waals surface area contributed by atoms with E-state index in [2.05, 4.69) is 26.3 Å². The summed E-state index contributed by atoms with van der Waals surface area (Å²) in [6.07, 6.45) is 2.00. The van der Waals surface area contributed by atoms with E-state index >= 15 is 0 Å². The molecule has 0 fully saturated rings. The van der Waals surface area contributed by atoms with E-state index in [4.69, 9.17) is 4.74 Å². The number of benzene rings is 3. The summed E-state index contributed by atoms with van der Waals surface area (Å²) in [4.78, 5) is 53.5. The van der Waals surface area contributed by atoms with Gasteiger partial charge in [-0.05, 0) is 35.2 Å². The van der Waals surface area contributed by atoms with Crippen LogP contribution in [0, 0.1) is 0 Å². The Morgan fingerprint density at radius 1 is 0.889 bits per heavy atom. The molecule has 4 aromatic rings. The minimum absolute atomic E-state index is 0.0230. The van der Waals surface area contributed by atoms with Crippen molar-refractivity contribution in [3.05, 3.63) is 124 Å². The molecule has 1 aromatic heterocycles. The molecule has 1 unspecified atom stereocenters. The van der Waals surface area contributed by atoms with Crippen LogP contribution in [-0.2, 0) is 42.2 Å². The number of carbonyl (C=O) groups excluding carboxylic acids is 2. The van der Waals surface area contributed by atoms with Crippen LogP contribution < -0.4 is 27.0 Å². The monoisotopic (exact) mass is 612 g/mol. The van der Waals surface area contributed by atoms with Gasteiger partial charge >= 0.3 is 23.8 Å². The lowest BCUT2D eigenvalue weighted by Gasteiger charge is -2.18. The fourth-order valence-electron chi connectivity index (χ4n) is 4.41. The molecule has 45 heavy (non-hydrogen) atoms. The smallest absolute Gasteiger partial charge is 0.408 e. The Kier molecular flexibility index (Phi) is 11.7. The summed E-state index contributed by atoms with van der Waals surface area (Å²) in [7, 11) is 0. The zero-order chi connectivity index (χ0) is 32.0. The molecule has 3 amide bonds. The minimum Gasteiger partial charge on any atom is -0.480 e. The van der Waals surface area contributed by atoms with E-state index in [1.54, 1.807) is 42.6 Å². The second kappa shape index (κ2) is 16.3. The molecule has 0 bridgehead atoms. The first-order valence-corrected chi connectivity index (χ1v) is 14.5. The number of anilines is 2. The van der Waals surface area contributed by atoms with Gasteiger partial charge < -0.3 is 31.1 Å². The molecular weight excluding hydrogens is 576 g/mol. The topological polar surface area (TPSA) is 164 Å². The highest BCUT2D eigenvalue weighted by Crippen LogP contribution is 2.16. The number of rotatable bonds is 14. The van der Waals surface area contributed by atoms with Crippen molar-refractivity contribution in [1.82, 2.24) is 20.2 Å². The average molecular weight is 613 g/mol. The molecule has 5 N–H and O–H groups in total. The zero-order valence-electron chi connectivity index (χ0n) is 24.9. The van der Waals surface area contributed by atoms with Gasteiger partial charge in [0.1, 0.15) is 18.5 Å². The predicted octanol–water partition coefficient (Wildman–Crippen LogP) is 4.51. The molecule has 0 spiro atoms. The number of aromatic nitrogens is 2. The normalized spacial score (nSPS) is 11.2. The van der Waals surface area contributed by atoms with Crippen LogP contribution in [0.4, 0.5) is 21.1 Å². The maximum Gasteiger partial charge on any atom is 0.408 e. The highest BCUT2D eigenvalue weighted by molar-refractivity contribution is 5.89. The first kappa shape index (κ1) is 32.3. The lowest BCUT2D eigenvalue weighted by Crippen LogP contribution is -2.45. The van der Waals surface area contributed by atoms with E-state index in [1.807, 2.05) is 55.5 Å². The minimum atomic E-state index is -1.41. The highest BCUT2D eigenvalue weighted by atomic mass is 16.5. The molecule has 3 aromatic carbocycles. The van der Waals surface area contributed by atoms with Gasteiger partial charge in [0, 0.05) is 30.5 Å². The number of alkyl carbamates (subject to hydrolysis) is 1. The Morgan fingerprint density at radius 2 is 1.53 bits per heavy atom. The summed E-state index contributed by atoms with van der Waals surface area (Å²) < 4.78 is 6.31. The standard InChI is InChI=1S/C33H36N6O6/c1-2-9-26-20-39(21-28(30(40)41)37-33(44)45-22-25-12-7-4-8-13-25)32(43)38-29(26)34-18-24-14-16-27(17-15-24)36-31(42)35-19-23-10-5-3-6-11-23/h3-8,10-17,20,28H,2,9,18-19,21-22H2,1H3,(H,37,44)(H,40,41)(H,34,38,43)(H2,35,36,42). The van der Waals surface area contributed by atoms with Crippen LogP contribution in [0.1, 0.15) is 35.6 Å². The summed E-state index contributed by atoms with van der Waals surface area (Å²) >= 11 is 0. The number of aliphatic carboxylic acids is 1. The van der Waals surface area contributed by atoms with Gasteiger partial charge in [-0.2, -0.15) is 4.98 Å². The second-order valence-electron chi connectivity index (χ2n) is 10.2. The molecule has 0 radical (unpaired) electrons. The van der Waals surface area contributed by atoms with Gasteiger partial charge in [-0.3, -0.25) is 4.57 Å². The van der Waals surface area contributed by atoms with E-state index in [9.17, 15) is 24.3 Å². The number of aryl methyl sites for hydroxylation is 1. The maximum absolute atomic E-state index is 12.9. The van der Waals surface area contributed by atoms with Crippen LogP contribution in [0.2, 0.25) is 0 Å². The van der Waals surface area contributed by atoms with Gasteiger partial charge in [0.25, 0.3) is 0 Å². The summed E-state index contributed by atoms with van der Waals surface area (Å²) in [6, 6.07) is 24.1. The summed E-state index contributed by atoms with van der Waals surface area (Å²) in [6.45, 7) is 2.40. The molecule has 234 valence electrons. The fourth-order valence-corrected chi connectivity index (χ4v) is 4.41. The highest BCUT2D eigenvalue weighted by Gasteiger charge is 2.23. The summed E-state index contributed by atoms with van der Waals surface area (Å²) in [5, 5.41) is 20.8. The van der Waals surface area contributed by atoms with E-state index in [1.165, 1.54) is 4.57 Å². The van der Waals surface area contributed by atoms with Crippen molar-refractivity contribution >= 4 is 29.6 Å². The molecule has 12 heteroatoms. The van der Waals surface area contributed by atoms with E-state index in [-0.39, 0.29) is 19.2 Å². The Labute approximate surface area is 260 Å². The molecule has 1 heterocycles. The Morgan fingerprint density at radius 3 is 2.18 bits per heavy atom. The second-order valence-corrected chi connectivity index (χ2v) is 10.2. The van der Waals surface area contributed by atoms with Gasteiger partial charge in [-0.15, -0.1) is 0 Å². The molecule has 1 atom stereocenters. The first-order valence-electron chi connectivity index (χ1n) is 14.5. The maximum atomic E-state index is 12.9. The van der Waals surface area contributed by atoms with E-state index < -0.39 is 23.8 Å². The van der Waals surface area contributed by atoms with Crippen LogP contribution in [0.3, 0.4) is 0 Å². The van der Waals surface area contributed by atoms with Crippen molar-refractivity contribution in [3.63, 3.8) is 0 Å². The van der Waals surface area contributed by atoms with Crippen molar-refractivity contribution < 1.29 is 24.2 Å². The number of carbonyl (C=O) groups is 3. The summed E-state index contributed by atoms with van der Waals surface area (Å²) in [5.41, 5.74) is 3.33. The Balaban J connectivity index is 1.33. The Hall–Kier alpha value is -5.65. The first-order chi connectivity index (χ1) is 21.8. The molecule has 0 saturated heterocycles. The number of nitrogens with one attached hydrogen (secondary N) is 4. The lowest BCUT2D eigenvalue weighted by atomic mass is 10.1. The molecule has 0 aliphatic rings. The third-order valence-electron chi connectivity index (χ3n) is 6.74. The van der Waals surface area contributed by atoms with Crippen molar-refractivity contribution in [3.8, 4) is 0 Å². The van der Waals surface area contributed by atoms with Gasteiger partial charge in [-0.1, -0.05) is 86.1 Å². The van der Waals surface area contributed by atoms with Gasteiger partial charge in [-0.25, -0.2) is 19.2 Å². The SMILES string of the molecule is CCCc1cn(CC(NC(=O)OCc2ccccc2)C(=O)O)c(=O)nc1NCc1ccc(NC(=O)NCc2ccccc2)cc1. The van der Waals surface area contributed by atoms with E-state index in [0.717, 1.165) is 28.7 Å². The molecule has 4 rings (SSSR count). The number of carboxylic acids is 1. The van der Waals surface area contributed by atoms with Crippen molar-refractivity contribution in [2.45, 2.75) is 52.0 Å². The number of ether oxygens (including phenoxy) is 1. The summed E-state index contributed by atoms with van der Waals surface area (Å²) in [5.74, 6) is -0.924. The quantitative estimate of drug-likeness (QED) is 0.139. The molecule has 0 aliphatic heterocycles. The zero-order valence-corrected chi connectivity index (χ0v) is 24.9. The number of amides is 3. The number of nitrogens with zero attached hydrogens (tertiary/aromatic N) is 2. The predicted molar refractivity (Wildman–Crippen MR) is 170 cm³/mol. The average Bonchev–Trinajstić information content (AvgIpc) is 3.05. The largest absolute Gasteiger partial charge is 0.480 e. The van der Waals surface area contributed by atoms with Gasteiger partial charge in [0.05, 0.1) is 6.54 Å². The number of carboxylic acid groups (broad SMARTS) is 1. The number of urea groups is 1. The Bertz CT molecular complexity index is 1630.